The first-order valence-electron chi connectivity index (χ1n) is 8.03. The fourth-order valence-corrected chi connectivity index (χ4v) is 2.37. The molecule has 2 aromatic carbocycles. The third-order valence-corrected chi connectivity index (χ3v) is 3.64. The molecule has 132 valence electrons. The summed E-state index contributed by atoms with van der Waals surface area (Å²) < 4.78 is 4.95. The monoisotopic (exact) mass is 350 g/mol. The summed E-state index contributed by atoms with van der Waals surface area (Å²) in [6.07, 6.45) is 0. The van der Waals surface area contributed by atoms with Gasteiger partial charge in [0.1, 0.15) is 11.8 Å². The summed E-state index contributed by atoms with van der Waals surface area (Å²) in [5.41, 5.74) is 6.55. The third-order valence-electron chi connectivity index (χ3n) is 3.64. The first kappa shape index (κ1) is 17.4. The summed E-state index contributed by atoms with van der Waals surface area (Å²) in [6.45, 7) is 1.73. The van der Waals surface area contributed by atoms with Gasteiger partial charge in [0.15, 0.2) is 5.82 Å². The summed E-state index contributed by atoms with van der Waals surface area (Å²) in [5.74, 6) is 0.181. The van der Waals surface area contributed by atoms with Crippen LogP contribution in [-0.2, 0) is 4.79 Å². The highest BCUT2D eigenvalue weighted by molar-refractivity contribution is 5.96. The molecule has 0 radical (unpaired) electrons. The van der Waals surface area contributed by atoms with Crippen LogP contribution in [0.1, 0.15) is 27.7 Å². The molecular formula is C19H18N4O3. The molecule has 3 rings (SSSR count). The second-order valence-corrected chi connectivity index (χ2v) is 5.62. The molecule has 3 N–H and O–H groups in total. The van der Waals surface area contributed by atoms with Crippen molar-refractivity contribution in [2.45, 2.75) is 13.0 Å². The van der Waals surface area contributed by atoms with Gasteiger partial charge in [-0.2, -0.15) is 0 Å². The lowest BCUT2D eigenvalue weighted by Crippen LogP contribution is -2.44. The Morgan fingerprint density at radius 2 is 1.65 bits per heavy atom. The van der Waals surface area contributed by atoms with Gasteiger partial charge < -0.3 is 9.84 Å². The third kappa shape index (κ3) is 4.34. The predicted molar refractivity (Wildman–Crippen MR) is 96.1 cm³/mol. The average molecular weight is 350 g/mol. The van der Waals surface area contributed by atoms with E-state index in [9.17, 15) is 9.59 Å². The van der Waals surface area contributed by atoms with Crippen LogP contribution >= 0.6 is 0 Å². The Hall–Kier alpha value is -3.45. The molecular weight excluding hydrogens is 332 g/mol. The molecule has 1 heterocycles. The molecule has 0 aliphatic heterocycles. The largest absolute Gasteiger partial charge is 0.360 e. The van der Waals surface area contributed by atoms with E-state index < -0.39 is 6.04 Å². The van der Waals surface area contributed by atoms with Crippen LogP contribution < -0.4 is 16.2 Å². The Morgan fingerprint density at radius 1 is 1.00 bits per heavy atom. The summed E-state index contributed by atoms with van der Waals surface area (Å²) in [4.78, 5) is 24.9. The van der Waals surface area contributed by atoms with Crippen LogP contribution in [0.5, 0.6) is 0 Å². The van der Waals surface area contributed by atoms with Gasteiger partial charge in [0.25, 0.3) is 5.91 Å². The number of hydrazine groups is 1. The van der Waals surface area contributed by atoms with E-state index in [1.165, 1.54) is 0 Å². The zero-order chi connectivity index (χ0) is 18.4. The molecule has 0 bridgehead atoms. The number of carbonyl (C=O) groups excluding carboxylic acids is 2. The molecule has 0 saturated carbocycles. The van der Waals surface area contributed by atoms with Crippen LogP contribution in [0.3, 0.4) is 0 Å². The fraction of sp³-hybridized carbons (Fsp3) is 0.105. The summed E-state index contributed by atoms with van der Waals surface area (Å²) in [6, 6.07) is 18.6. The second kappa shape index (κ2) is 8.09. The lowest BCUT2D eigenvalue weighted by atomic mass is 10.1. The van der Waals surface area contributed by atoms with Gasteiger partial charge in [0.05, 0.1) is 0 Å². The first-order chi connectivity index (χ1) is 12.6. The van der Waals surface area contributed by atoms with Gasteiger partial charge in [0, 0.05) is 11.6 Å². The van der Waals surface area contributed by atoms with Crippen LogP contribution in [0.4, 0.5) is 5.82 Å². The minimum Gasteiger partial charge on any atom is -0.360 e. The molecule has 0 aliphatic rings. The molecule has 3 aromatic rings. The maximum Gasteiger partial charge on any atom is 0.265 e. The van der Waals surface area contributed by atoms with Gasteiger partial charge in [-0.15, -0.1) is 0 Å². The van der Waals surface area contributed by atoms with Gasteiger partial charge in [-0.05, 0) is 24.6 Å². The number of aryl methyl sites for hydroxylation is 1. The summed E-state index contributed by atoms with van der Waals surface area (Å²) in [5, 5.41) is 6.42. The van der Waals surface area contributed by atoms with E-state index >= 15 is 0 Å². The normalized spacial score (nSPS) is 11.6. The molecule has 0 fully saturated rings. The van der Waals surface area contributed by atoms with Crippen molar-refractivity contribution in [3.05, 3.63) is 83.6 Å². The van der Waals surface area contributed by atoms with Crippen molar-refractivity contribution in [2.24, 2.45) is 0 Å². The summed E-state index contributed by atoms with van der Waals surface area (Å²) >= 11 is 0. The molecule has 0 saturated heterocycles. The molecule has 0 spiro atoms. The number of nitrogens with one attached hydrogen (secondary N) is 3. The van der Waals surface area contributed by atoms with E-state index in [1.54, 1.807) is 49.4 Å². The second-order valence-electron chi connectivity index (χ2n) is 5.62. The molecule has 26 heavy (non-hydrogen) atoms. The van der Waals surface area contributed by atoms with E-state index in [4.69, 9.17) is 4.52 Å². The first-order valence-corrected chi connectivity index (χ1v) is 8.03. The summed E-state index contributed by atoms with van der Waals surface area (Å²) in [7, 11) is 0. The highest BCUT2D eigenvalue weighted by atomic mass is 16.5. The number of benzene rings is 2. The number of anilines is 1. The van der Waals surface area contributed by atoms with Crippen LogP contribution in [0.15, 0.2) is 71.3 Å². The molecule has 2 amide bonds. The van der Waals surface area contributed by atoms with Crippen LogP contribution in [0.2, 0.25) is 0 Å². The molecule has 7 nitrogen and oxygen atoms in total. The van der Waals surface area contributed by atoms with Gasteiger partial charge in [-0.3, -0.25) is 15.0 Å². The van der Waals surface area contributed by atoms with E-state index in [0.29, 0.717) is 22.7 Å². The van der Waals surface area contributed by atoms with Crippen LogP contribution in [-0.4, -0.2) is 17.0 Å². The van der Waals surface area contributed by atoms with Gasteiger partial charge >= 0.3 is 0 Å². The number of carbonyl (C=O) groups is 2. The van der Waals surface area contributed by atoms with E-state index in [-0.39, 0.29) is 11.8 Å². The van der Waals surface area contributed by atoms with Crippen molar-refractivity contribution in [1.29, 1.82) is 0 Å². The molecule has 0 aliphatic carbocycles. The van der Waals surface area contributed by atoms with E-state index in [1.807, 2.05) is 24.3 Å². The lowest BCUT2D eigenvalue weighted by Gasteiger charge is -2.18. The fourth-order valence-electron chi connectivity index (χ4n) is 2.37. The van der Waals surface area contributed by atoms with Crippen molar-refractivity contribution in [2.75, 3.05) is 5.32 Å². The van der Waals surface area contributed by atoms with Crippen molar-refractivity contribution in [1.82, 2.24) is 16.0 Å². The Morgan fingerprint density at radius 3 is 2.27 bits per heavy atom. The van der Waals surface area contributed by atoms with Gasteiger partial charge in [-0.1, -0.05) is 53.7 Å². The van der Waals surface area contributed by atoms with Crippen molar-refractivity contribution < 1.29 is 14.1 Å². The van der Waals surface area contributed by atoms with Crippen LogP contribution in [0.25, 0.3) is 0 Å². The standard InChI is InChI=1S/C19H18N4O3/c1-13-12-16(23-26-13)20-19(25)17(14-8-4-2-5-9-14)21-22-18(24)15-10-6-3-7-11-15/h2-12,17,21H,1H3,(H,22,24)(H,20,23,25). The topological polar surface area (TPSA) is 96.3 Å². The molecule has 7 heteroatoms. The predicted octanol–water partition coefficient (Wildman–Crippen LogP) is 2.60. The number of aromatic nitrogens is 1. The molecule has 1 atom stereocenters. The van der Waals surface area contributed by atoms with Crippen LogP contribution in [0, 0.1) is 6.92 Å². The maximum atomic E-state index is 12.7. The van der Waals surface area contributed by atoms with Gasteiger partial charge in [-0.25, -0.2) is 5.43 Å². The number of rotatable bonds is 6. The van der Waals surface area contributed by atoms with Crippen molar-refractivity contribution >= 4 is 17.6 Å². The Labute approximate surface area is 150 Å². The number of hydrogen-bond acceptors (Lipinski definition) is 5. The van der Waals surface area contributed by atoms with Gasteiger partial charge in [0.2, 0.25) is 5.91 Å². The zero-order valence-corrected chi connectivity index (χ0v) is 14.1. The highest BCUT2D eigenvalue weighted by Crippen LogP contribution is 2.15. The highest BCUT2D eigenvalue weighted by Gasteiger charge is 2.22. The van der Waals surface area contributed by atoms with Crippen molar-refractivity contribution in [3.8, 4) is 0 Å². The smallest absolute Gasteiger partial charge is 0.265 e. The molecule has 1 aromatic heterocycles. The average Bonchev–Trinajstić information content (AvgIpc) is 3.08. The quantitative estimate of drug-likeness (QED) is 0.594. The van der Waals surface area contributed by atoms with E-state index in [2.05, 4.69) is 21.3 Å². The Kier molecular flexibility index (Phi) is 5.40. The number of hydrogen-bond donors (Lipinski definition) is 3. The minimum atomic E-state index is -0.805. The molecule has 1 unspecified atom stereocenters. The van der Waals surface area contributed by atoms with Crippen molar-refractivity contribution in [3.63, 3.8) is 0 Å². The van der Waals surface area contributed by atoms with E-state index in [0.717, 1.165) is 0 Å². The zero-order valence-electron chi connectivity index (χ0n) is 14.1. The number of nitrogens with zero attached hydrogens (tertiary/aromatic N) is 1. The maximum absolute atomic E-state index is 12.7. The SMILES string of the molecule is Cc1cc(NC(=O)C(NNC(=O)c2ccccc2)c2ccccc2)no1. The lowest BCUT2D eigenvalue weighted by molar-refractivity contribution is -0.118. The minimum absolute atomic E-state index is 0.310. The Bertz CT molecular complexity index is 878. The number of amides is 2. The Balaban J connectivity index is 1.73.